The predicted molar refractivity (Wildman–Crippen MR) is 118 cm³/mol. The number of ketones is 1. The van der Waals surface area contributed by atoms with E-state index in [4.69, 9.17) is 4.74 Å². The van der Waals surface area contributed by atoms with Crippen LogP contribution in [0.4, 0.5) is 0 Å². The third kappa shape index (κ3) is 4.57. The largest absolute Gasteiger partial charge is 0.454 e. The number of hydrogen-bond donors (Lipinski definition) is 0. The molecule has 0 aliphatic rings. The molecule has 30 heavy (non-hydrogen) atoms. The number of esters is 1. The molecule has 5 nitrogen and oxygen atoms in total. The Labute approximate surface area is 177 Å². The van der Waals surface area contributed by atoms with Crippen molar-refractivity contribution in [3.05, 3.63) is 87.7 Å². The molecular formula is C25H26N2O3. The third-order valence-corrected chi connectivity index (χ3v) is 5.22. The van der Waals surface area contributed by atoms with Crippen molar-refractivity contribution in [3.8, 4) is 5.69 Å². The molecule has 0 fully saturated rings. The van der Waals surface area contributed by atoms with Crippen LogP contribution in [-0.2, 0) is 9.53 Å². The number of carbonyl (C=O) groups excluding carboxylic acids is 2. The SMILES string of the molecule is Cc1cc(C)c(C(=O)COC(=O)/C=C/c2c(C)nn(-c3ccccc3)c2C)cc1C. The average Bonchev–Trinajstić information content (AvgIpc) is 3.01. The zero-order valence-electron chi connectivity index (χ0n) is 18.0. The fourth-order valence-electron chi connectivity index (χ4n) is 3.39. The zero-order valence-corrected chi connectivity index (χ0v) is 18.0. The molecule has 0 atom stereocenters. The van der Waals surface area contributed by atoms with E-state index in [-0.39, 0.29) is 12.4 Å². The summed E-state index contributed by atoms with van der Waals surface area (Å²) < 4.78 is 7.01. The first-order valence-corrected chi connectivity index (χ1v) is 9.85. The molecule has 0 saturated carbocycles. The van der Waals surface area contributed by atoms with Gasteiger partial charge < -0.3 is 4.74 Å². The van der Waals surface area contributed by atoms with Gasteiger partial charge in [-0.15, -0.1) is 0 Å². The lowest BCUT2D eigenvalue weighted by Gasteiger charge is -2.09. The van der Waals surface area contributed by atoms with E-state index in [9.17, 15) is 9.59 Å². The van der Waals surface area contributed by atoms with Gasteiger partial charge in [0, 0.05) is 22.9 Å². The number of rotatable bonds is 6. The Hall–Kier alpha value is -3.47. The summed E-state index contributed by atoms with van der Waals surface area (Å²) in [4.78, 5) is 24.6. The van der Waals surface area contributed by atoms with Gasteiger partial charge in [-0.25, -0.2) is 9.48 Å². The van der Waals surface area contributed by atoms with Crippen molar-refractivity contribution in [1.29, 1.82) is 0 Å². The average molecular weight is 402 g/mol. The molecule has 0 aliphatic carbocycles. The van der Waals surface area contributed by atoms with Gasteiger partial charge in [0.1, 0.15) is 0 Å². The van der Waals surface area contributed by atoms with E-state index in [0.29, 0.717) is 5.56 Å². The minimum Gasteiger partial charge on any atom is -0.454 e. The lowest BCUT2D eigenvalue weighted by Crippen LogP contribution is -2.14. The number of ether oxygens (including phenoxy) is 1. The number of para-hydroxylation sites is 1. The number of carbonyl (C=O) groups is 2. The Kier molecular flexibility index (Phi) is 6.31. The Morgan fingerprint density at radius 1 is 0.967 bits per heavy atom. The topological polar surface area (TPSA) is 61.2 Å². The van der Waals surface area contributed by atoms with Crippen LogP contribution in [0, 0.1) is 34.6 Å². The van der Waals surface area contributed by atoms with Gasteiger partial charge in [-0.2, -0.15) is 5.10 Å². The van der Waals surface area contributed by atoms with Gasteiger partial charge in [-0.1, -0.05) is 24.3 Å². The maximum atomic E-state index is 12.5. The molecule has 2 aromatic carbocycles. The standard InChI is InChI=1S/C25H26N2O3/c1-16-13-18(3)23(14-17(16)2)24(28)15-30-25(29)12-11-22-19(4)26-27(20(22)5)21-9-7-6-8-10-21/h6-14H,15H2,1-5H3/b12-11+. The van der Waals surface area contributed by atoms with Gasteiger partial charge in [0.15, 0.2) is 6.61 Å². The van der Waals surface area contributed by atoms with Crippen LogP contribution in [-0.4, -0.2) is 28.1 Å². The minimum absolute atomic E-state index is 0.207. The van der Waals surface area contributed by atoms with Crippen LogP contribution in [0.5, 0.6) is 0 Å². The van der Waals surface area contributed by atoms with Crippen LogP contribution in [0.3, 0.4) is 0 Å². The molecule has 0 aliphatic heterocycles. The van der Waals surface area contributed by atoms with Crippen molar-refractivity contribution in [3.63, 3.8) is 0 Å². The van der Waals surface area contributed by atoms with Crippen molar-refractivity contribution >= 4 is 17.8 Å². The second kappa shape index (κ2) is 8.91. The maximum Gasteiger partial charge on any atom is 0.331 e. The normalized spacial score (nSPS) is 11.1. The van der Waals surface area contributed by atoms with Crippen molar-refractivity contribution in [2.45, 2.75) is 34.6 Å². The predicted octanol–water partition coefficient (Wildman–Crippen LogP) is 4.85. The van der Waals surface area contributed by atoms with Crippen molar-refractivity contribution in [2.24, 2.45) is 0 Å². The third-order valence-electron chi connectivity index (χ3n) is 5.22. The molecule has 0 saturated heterocycles. The molecule has 0 spiro atoms. The highest BCUT2D eigenvalue weighted by Gasteiger charge is 2.14. The molecule has 154 valence electrons. The lowest BCUT2D eigenvalue weighted by atomic mass is 9.98. The van der Waals surface area contributed by atoms with Crippen LogP contribution in [0.2, 0.25) is 0 Å². The van der Waals surface area contributed by atoms with E-state index in [1.807, 2.05) is 81.8 Å². The highest BCUT2D eigenvalue weighted by molar-refractivity contribution is 6.00. The Bertz CT molecular complexity index is 1130. The van der Waals surface area contributed by atoms with Gasteiger partial charge in [0.05, 0.1) is 11.4 Å². The van der Waals surface area contributed by atoms with E-state index >= 15 is 0 Å². The first-order valence-electron chi connectivity index (χ1n) is 9.85. The summed E-state index contributed by atoms with van der Waals surface area (Å²) in [6.07, 6.45) is 3.03. The molecular weight excluding hydrogens is 376 g/mol. The van der Waals surface area contributed by atoms with E-state index in [2.05, 4.69) is 5.10 Å². The summed E-state index contributed by atoms with van der Waals surface area (Å²) in [7, 11) is 0. The summed E-state index contributed by atoms with van der Waals surface area (Å²) in [5.41, 5.74) is 7.18. The molecule has 0 unspecified atom stereocenters. The maximum absolute atomic E-state index is 12.5. The molecule has 0 bridgehead atoms. The first-order chi connectivity index (χ1) is 14.3. The van der Waals surface area contributed by atoms with Crippen molar-refractivity contribution in [1.82, 2.24) is 9.78 Å². The molecule has 0 amide bonds. The minimum atomic E-state index is -0.559. The smallest absolute Gasteiger partial charge is 0.331 e. The quantitative estimate of drug-likeness (QED) is 0.336. The lowest BCUT2D eigenvalue weighted by molar-refractivity contribution is -0.136. The fourth-order valence-corrected chi connectivity index (χ4v) is 3.39. The highest BCUT2D eigenvalue weighted by Crippen LogP contribution is 2.19. The van der Waals surface area contributed by atoms with Gasteiger partial charge in [-0.3, -0.25) is 4.79 Å². The van der Waals surface area contributed by atoms with Crippen molar-refractivity contribution in [2.75, 3.05) is 6.61 Å². The first kappa shape index (κ1) is 21.2. The molecule has 0 N–H and O–H groups in total. The number of nitrogens with zero attached hydrogens (tertiary/aromatic N) is 2. The molecule has 3 aromatic rings. The van der Waals surface area contributed by atoms with Crippen LogP contribution in [0.25, 0.3) is 11.8 Å². The molecule has 0 radical (unpaired) electrons. The summed E-state index contributed by atoms with van der Waals surface area (Å²) in [6, 6.07) is 13.6. The van der Waals surface area contributed by atoms with Gasteiger partial charge in [-0.05, 0) is 75.6 Å². The highest BCUT2D eigenvalue weighted by atomic mass is 16.5. The Balaban J connectivity index is 1.68. The summed E-state index contributed by atoms with van der Waals surface area (Å²) in [6.45, 7) is 9.41. The second-order valence-corrected chi connectivity index (χ2v) is 7.45. The molecule has 1 heterocycles. The monoisotopic (exact) mass is 402 g/mol. The number of aromatic nitrogens is 2. The molecule has 1 aromatic heterocycles. The van der Waals surface area contributed by atoms with E-state index < -0.39 is 5.97 Å². The van der Waals surface area contributed by atoms with Gasteiger partial charge in [0.25, 0.3) is 0 Å². The number of aryl methyl sites for hydroxylation is 4. The number of hydrogen-bond acceptors (Lipinski definition) is 4. The van der Waals surface area contributed by atoms with Gasteiger partial charge >= 0.3 is 5.97 Å². The van der Waals surface area contributed by atoms with Crippen LogP contribution >= 0.6 is 0 Å². The van der Waals surface area contributed by atoms with Crippen LogP contribution in [0.15, 0.2) is 48.5 Å². The van der Waals surface area contributed by atoms with Crippen LogP contribution in [0.1, 0.15) is 44.0 Å². The Morgan fingerprint density at radius 3 is 2.33 bits per heavy atom. The van der Waals surface area contributed by atoms with E-state index in [0.717, 1.165) is 39.3 Å². The fraction of sp³-hybridized carbons (Fsp3) is 0.240. The number of benzene rings is 2. The van der Waals surface area contributed by atoms with E-state index in [1.54, 1.807) is 6.08 Å². The van der Waals surface area contributed by atoms with Gasteiger partial charge in [0.2, 0.25) is 5.78 Å². The number of Topliss-reactive ketones (excluding diaryl/α,β-unsaturated/α-hetero) is 1. The van der Waals surface area contributed by atoms with Crippen molar-refractivity contribution < 1.29 is 14.3 Å². The van der Waals surface area contributed by atoms with E-state index in [1.165, 1.54) is 6.08 Å². The molecule has 3 rings (SSSR count). The second-order valence-electron chi connectivity index (χ2n) is 7.45. The Morgan fingerprint density at radius 2 is 1.63 bits per heavy atom. The zero-order chi connectivity index (χ0) is 21.8. The molecule has 5 heteroatoms. The van der Waals surface area contributed by atoms with Crippen LogP contribution < -0.4 is 0 Å². The summed E-state index contributed by atoms with van der Waals surface area (Å²) >= 11 is 0. The summed E-state index contributed by atoms with van der Waals surface area (Å²) in [5, 5.41) is 4.56. The summed E-state index contributed by atoms with van der Waals surface area (Å²) in [5.74, 6) is -0.766.